The summed E-state index contributed by atoms with van der Waals surface area (Å²) in [5.41, 5.74) is 8.69. The highest BCUT2D eigenvalue weighted by Gasteiger charge is 2.03. The highest BCUT2D eigenvalue weighted by atomic mass is 16.5. The van der Waals surface area contributed by atoms with Crippen LogP contribution in [0.25, 0.3) is 10.4 Å². The Hall–Kier alpha value is -2.20. The summed E-state index contributed by atoms with van der Waals surface area (Å²) in [6.45, 7) is 1.96. The maximum absolute atomic E-state index is 10.9. The third-order valence-corrected chi connectivity index (χ3v) is 1.71. The van der Waals surface area contributed by atoms with E-state index in [1.165, 1.54) is 6.92 Å². The Balaban J connectivity index is 2.63. The third kappa shape index (κ3) is 3.89. The van der Waals surface area contributed by atoms with Crippen LogP contribution in [0.15, 0.2) is 29.4 Å². The molecule has 0 unspecified atom stereocenters. The maximum atomic E-state index is 10.9. The van der Waals surface area contributed by atoms with Gasteiger partial charge in [0.1, 0.15) is 5.75 Å². The van der Waals surface area contributed by atoms with Crippen molar-refractivity contribution < 1.29 is 9.53 Å². The van der Waals surface area contributed by atoms with E-state index in [1.807, 2.05) is 0 Å². The number of nitrogens with zero attached hydrogens (tertiary/aromatic N) is 3. The van der Waals surface area contributed by atoms with Gasteiger partial charge in [-0.1, -0.05) is 17.2 Å². The van der Waals surface area contributed by atoms with Crippen LogP contribution in [0.1, 0.15) is 6.92 Å². The molecule has 6 heteroatoms. The van der Waals surface area contributed by atoms with Gasteiger partial charge in [-0.25, -0.2) is 0 Å². The Bertz CT molecular complexity index is 413. The van der Waals surface area contributed by atoms with Crippen LogP contribution in [-0.2, 0) is 4.79 Å². The van der Waals surface area contributed by atoms with E-state index in [-0.39, 0.29) is 19.1 Å². The van der Waals surface area contributed by atoms with Crippen LogP contribution in [-0.4, -0.2) is 19.1 Å². The van der Waals surface area contributed by atoms with Crippen LogP contribution in [0.3, 0.4) is 0 Å². The molecule has 1 aromatic rings. The average molecular weight is 220 g/mol. The molecular formula is C10H12N4O2. The summed E-state index contributed by atoms with van der Waals surface area (Å²) >= 11 is 0. The number of rotatable bonds is 5. The van der Waals surface area contributed by atoms with Gasteiger partial charge in [-0.15, -0.1) is 0 Å². The molecule has 1 N–H and O–H groups in total. The topological polar surface area (TPSA) is 87.1 Å². The predicted octanol–water partition coefficient (Wildman–Crippen LogP) is 2.33. The van der Waals surface area contributed by atoms with Crippen LogP contribution in [0, 0.1) is 0 Å². The SMILES string of the molecule is CC(=O)Nc1ccccc1OCCN=[N+]=[N-]. The van der Waals surface area contributed by atoms with E-state index in [1.54, 1.807) is 24.3 Å². The number of carbonyl (C=O) groups is 1. The van der Waals surface area contributed by atoms with E-state index in [2.05, 4.69) is 15.3 Å². The van der Waals surface area contributed by atoms with Crippen molar-refractivity contribution in [2.75, 3.05) is 18.5 Å². The smallest absolute Gasteiger partial charge is 0.221 e. The minimum Gasteiger partial charge on any atom is -0.491 e. The molecule has 0 atom stereocenters. The molecule has 0 heterocycles. The van der Waals surface area contributed by atoms with Gasteiger partial charge in [0, 0.05) is 11.8 Å². The monoisotopic (exact) mass is 220 g/mol. The van der Waals surface area contributed by atoms with Crippen LogP contribution >= 0.6 is 0 Å². The first-order chi connectivity index (χ1) is 7.74. The number of carbonyl (C=O) groups excluding carboxylic acids is 1. The molecule has 1 aromatic carbocycles. The summed E-state index contributed by atoms with van der Waals surface area (Å²) in [6.07, 6.45) is 0. The molecule has 16 heavy (non-hydrogen) atoms. The van der Waals surface area contributed by atoms with Gasteiger partial charge in [0.15, 0.2) is 0 Å². The molecule has 0 aromatic heterocycles. The molecule has 1 rings (SSSR count). The third-order valence-electron chi connectivity index (χ3n) is 1.71. The predicted molar refractivity (Wildman–Crippen MR) is 60.3 cm³/mol. The van der Waals surface area contributed by atoms with Crippen molar-refractivity contribution in [1.29, 1.82) is 0 Å². The summed E-state index contributed by atoms with van der Waals surface area (Å²) in [5, 5.41) is 5.99. The zero-order valence-corrected chi connectivity index (χ0v) is 8.88. The largest absolute Gasteiger partial charge is 0.491 e. The number of benzene rings is 1. The zero-order valence-electron chi connectivity index (χ0n) is 8.88. The fourth-order valence-corrected chi connectivity index (χ4v) is 1.13. The lowest BCUT2D eigenvalue weighted by molar-refractivity contribution is -0.114. The van der Waals surface area contributed by atoms with Crippen LogP contribution < -0.4 is 10.1 Å². The molecule has 0 aliphatic heterocycles. The van der Waals surface area contributed by atoms with Crippen LogP contribution in [0.2, 0.25) is 0 Å². The van der Waals surface area contributed by atoms with Gasteiger partial charge in [-0.05, 0) is 17.7 Å². The Morgan fingerprint density at radius 2 is 2.31 bits per heavy atom. The number of ether oxygens (including phenoxy) is 1. The number of azide groups is 1. The standard InChI is InChI=1S/C10H12N4O2/c1-8(15)13-9-4-2-3-5-10(9)16-7-6-12-14-11/h2-5H,6-7H2,1H3,(H,13,15). The van der Waals surface area contributed by atoms with E-state index >= 15 is 0 Å². The quantitative estimate of drug-likeness (QED) is 0.357. The van der Waals surface area contributed by atoms with Gasteiger partial charge in [-0.2, -0.15) is 0 Å². The number of hydrogen-bond donors (Lipinski definition) is 1. The Labute approximate surface area is 92.8 Å². The van der Waals surface area contributed by atoms with Gasteiger partial charge in [-0.3, -0.25) is 4.79 Å². The molecule has 0 aliphatic rings. The van der Waals surface area contributed by atoms with Crippen molar-refractivity contribution in [2.45, 2.75) is 6.92 Å². The van der Waals surface area contributed by atoms with Crippen molar-refractivity contribution in [3.05, 3.63) is 34.7 Å². The molecule has 0 aliphatic carbocycles. The van der Waals surface area contributed by atoms with E-state index in [0.717, 1.165) is 0 Å². The lowest BCUT2D eigenvalue weighted by atomic mass is 10.3. The summed E-state index contributed by atoms with van der Waals surface area (Å²) in [5.74, 6) is 0.400. The minimum absolute atomic E-state index is 0.161. The molecule has 0 saturated carbocycles. The fraction of sp³-hybridized carbons (Fsp3) is 0.300. The Morgan fingerprint density at radius 3 is 3.00 bits per heavy atom. The highest BCUT2D eigenvalue weighted by Crippen LogP contribution is 2.23. The maximum Gasteiger partial charge on any atom is 0.221 e. The second kappa shape index (κ2) is 6.31. The first-order valence-corrected chi connectivity index (χ1v) is 4.74. The van der Waals surface area contributed by atoms with E-state index < -0.39 is 0 Å². The van der Waals surface area contributed by atoms with Crippen molar-refractivity contribution >= 4 is 11.6 Å². The summed E-state index contributed by atoms with van der Waals surface area (Å²) in [7, 11) is 0. The summed E-state index contributed by atoms with van der Waals surface area (Å²) in [4.78, 5) is 13.5. The molecule has 0 saturated heterocycles. The van der Waals surface area contributed by atoms with Gasteiger partial charge < -0.3 is 10.1 Å². The fourth-order valence-electron chi connectivity index (χ4n) is 1.13. The highest BCUT2D eigenvalue weighted by molar-refractivity contribution is 5.90. The Morgan fingerprint density at radius 1 is 1.56 bits per heavy atom. The average Bonchev–Trinajstić information content (AvgIpc) is 2.26. The summed E-state index contributed by atoms with van der Waals surface area (Å²) < 4.78 is 5.36. The first-order valence-electron chi connectivity index (χ1n) is 4.74. The van der Waals surface area contributed by atoms with Gasteiger partial charge >= 0.3 is 0 Å². The second-order valence-electron chi connectivity index (χ2n) is 2.98. The zero-order chi connectivity index (χ0) is 11.8. The second-order valence-corrected chi connectivity index (χ2v) is 2.98. The molecule has 0 fully saturated rings. The number of nitrogens with one attached hydrogen (secondary N) is 1. The Kier molecular flexibility index (Phi) is 4.69. The van der Waals surface area contributed by atoms with Gasteiger partial charge in [0.25, 0.3) is 0 Å². The number of para-hydroxylation sites is 2. The van der Waals surface area contributed by atoms with Crippen LogP contribution in [0.5, 0.6) is 5.75 Å². The van der Waals surface area contributed by atoms with Crippen molar-refractivity contribution in [3.8, 4) is 5.75 Å². The van der Waals surface area contributed by atoms with Gasteiger partial charge in [0.05, 0.1) is 18.8 Å². The lowest BCUT2D eigenvalue weighted by Gasteiger charge is -2.10. The molecule has 1 amide bonds. The van der Waals surface area contributed by atoms with E-state index in [4.69, 9.17) is 10.3 Å². The molecule has 0 bridgehead atoms. The number of anilines is 1. The van der Waals surface area contributed by atoms with Gasteiger partial charge in [0.2, 0.25) is 5.91 Å². The normalized spacial score (nSPS) is 9.06. The molecule has 0 spiro atoms. The number of hydrogen-bond acceptors (Lipinski definition) is 3. The molecular weight excluding hydrogens is 208 g/mol. The molecule has 0 radical (unpaired) electrons. The van der Waals surface area contributed by atoms with Crippen molar-refractivity contribution in [3.63, 3.8) is 0 Å². The minimum atomic E-state index is -0.161. The van der Waals surface area contributed by atoms with Crippen molar-refractivity contribution in [2.24, 2.45) is 5.11 Å². The molecule has 84 valence electrons. The lowest BCUT2D eigenvalue weighted by Crippen LogP contribution is -2.08. The van der Waals surface area contributed by atoms with E-state index in [9.17, 15) is 4.79 Å². The van der Waals surface area contributed by atoms with Crippen LogP contribution in [0.4, 0.5) is 5.69 Å². The number of amides is 1. The summed E-state index contributed by atoms with van der Waals surface area (Å²) in [6, 6.07) is 7.07. The van der Waals surface area contributed by atoms with E-state index in [0.29, 0.717) is 11.4 Å². The van der Waals surface area contributed by atoms with Crippen molar-refractivity contribution in [1.82, 2.24) is 0 Å². The molecule has 6 nitrogen and oxygen atoms in total. The first kappa shape index (κ1) is 11.9.